The molecule has 0 spiro atoms. The van der Waals surface area contributed by atoms with E-state index in [1.165, 1.54) is 0 Å². The van der Waals surface area contributed by atoms with Gasteiger partial charge in [0, 0.05) is 10.0 Å². The van der Waals surface area contributed by atoms with Gasteiger partial charge >= 0.3 is 0 Å². The molecule has 0 aliphatic rings. The Kier molecular flexibility index (Phi) is 4.53. The van der Waals surface area contributed by atoms with Crippen LogP contribution >= 0.6 is 15.9 Å². The van der Waals surface area contributed by atoms with Gasteiger partial charge in [-0.05, 0) is 48.0 Å². The van der Waals surface area contributed by atoms with E-state index >= 15 is 0 Å². The molecule has 0 fully saturated rings. The Bertz CT molecular complexity index is 600. The minimum absolute atomic E-state index is 0.0253. The number of carbonyl (C=O) groups excluding carboxylic acids is 1. The zero-order valence-corrected chi connectivity index (χ0v) is 12.1. The Morgan fingerprint density at radius 1 is 1.16 bits per heavy atom. The largest absolute Gasteiger partial charge is 0.497 e. The average Bonchev–Trinajstić information content (AvgIpc) is 2.45. The zero-order valence-electron chi connectivity index (χ0n) is 10.5. The van der Waals surface area contributed by atoms with Crippen molar-refractivity contribution in [3.8, 4) is 5.75 Å². The molecule has 96 valence electrons. The highest BCUT2D eigenvalue weighted by atomic mass is 79.9. The molecule has 0 radical (unpaired) electrons. The first-order valence-corrected chi connectivity index (χ1v) is 6.60. The summed E-state index contributed by atoms with van der Waals surface area (Å²) < 4.78 is 6.05. The van der Waals surface area contributed by atoms with E-state index in [0.29, 0.717) is 5.56 Å². The second-order valence-electron chi connectivity index (χ2n) is 3.98. The van der Waals surface area contributed by atoms with Crippen LogP contribution in [-0.2, 0) is 0 Å². The molecule has 0 saturated carbocycles. The summed E-state index contributed by atoms with van der Waals surface area (Å²) in [5.41, 5.74) is 1.63. The molecule has 19 heavy (non-hydrogen) atoms. The first kappa shape index (κ1) is 13.6. The molecule has 0 aliphatic carbocycles. The third-order valence-electron chi connectivity index (χ3n) is 2.65. The molecular weight excluding hydrogens is 304 g/mol. The smallest absolute Gasteiger partial charge is 0.185 e. The Morgan fingerprint density at radius 2 is 1.89 bits per heavy atom. The number of rotatable bonds is 4. The maximum Gasteiger partial charge on any atom is 0.185 e. The van der Waals surface area contributed by atoms with Gasteiger partial charge in [0.1, 0.15) is 5.75 Å². The van der Waals surface area contributed by atoms with E-state index in [2.05, 4.69) is 15.9 Å². The first-order valence-electron chi connectivity index (χ1n) is 5.81. The maximum absolute atomic E-state index is 12.0. The van der Waals surface area contributed by atoms with E-state index in [1.54, 1.807) is 43.5 Å². The van der Waals surface area contributed by atoms with Crippen LogP contribution in [0.5, 0.6) is 5.75 Å². The highest BCUT2D eigenvalue weighted by Crippen LogP contribution is 2.15. The predicted octanol–water partition coefficient (Wildman–Crippen LogP) is 4.35. The van der Waals surface area contributed by atoms with Crippen molar-refractivity contribution in [3.63, 3.8) is 0 Å². The number of halogens is 1. The highest BCUT2D eigenvalue weighted by molar-refractivity contribution is 9.10. The molecule has 0 aromatic heterocycles. The van der Waals surface area contributed by atoms with E-state index in [9.17, 15) is 4.79 Å². The number of carbonyl (C=O) groups is 1. The number of hydrogen-bond donors (Lipinski definition) is 0. The molecule has 0 aliphatic heterocycles. The second kappa shape index (κ2) is 6.34. The molecule has 0 N–H and O–H groups in total. The summed E-state index contributed by atoms with van der Waals surface area (Å²) in [5.74, 6) is 0.718. The van der Waals surface area contributed by atoms with Crippen molar-refractivity contribution in [3.05, 3.63) is 70.2 Å². The van der Waals surface area contributed by atoms with Crippen molar-refractivity contribution in [2.24, 2.45) is 0 Å². The van der Waals surface area contributed by atoms with E-state index in [1.807, 2.05) is 24.3 Å². The molecule has 2 nitrogen and oxygen atoms in total. The topological polar surface area (TPSA) is 26.3 Å². The Morgan fingerprint density at radius 3 is 2.53 bits per heavy atom. The predicted molar refractivity (Wildman–Crippen MR) is 80.5 cm³/mol. The quantitative estimate of drug-likeness (QED) is 0.619. The van der Waals surface area contributed by atoms with E-state index in [-0.39, 0.29) is 5.78 Å². The third-order valence-corrected chi connectivity index (χ3v) is 3.14. The summed E-state index contributed by atoms with van der Waals surface area (Å²) in [7, 11) is 1.60. The summed E-state index contributed by atoms with van der Waals surface area (Å²) >= 11 is 3.40. The Balaban J connectivity index is 2.11. The lowest BCUT2D eigenvalue weighted by molar-refractivity contribution is 0.104. The number of ketones is 1. The molecule has 0 bridgehead atoms. The van der Waals surface area contributed by atoms with Crippen molar-refractivity contribution >= 4 is 27.8 Å². The molecule has 2 aromatic carbocycles. The lowest BCUT2D eigenvalue weighted by Crippen LogP contribution is -1.94. The number of methoxy groups -OCH3 is 1. The van der Waals surface area contributed by atoms with Crippen LogP contribution in [0.15, 0.2) is 59.1 Å². The van der Waals surface area contributed by atoms with Gasteiger partial charge in [-0.2, -0.15) is 0 Å². The fourth-order valence-corrected chi connectivity index (χ4v) is 2.05. The first-order chi connectivity index (χ1) is 9.19. The van der Waals surface area contributed by atoms with Crippen LogP contribution in [0.3, 0.4) is 0 Å². The van der Waals surface area contributed by atoms with Crippen LogP contribution in [-0.4, -0.2) is 12.9 Å². The van der Waals surface area contributed by atoms with Crippen molar-refractivity contribution in [1.82, 2.24) is 0 Å². The van der Waals surface area contributed by atoms with Gasteiger partial charge < -0.3 is 4.74 Å². The van der Waals surface area contributed by atoms with Gasteiger partial charge in [0.25, 0.3) is 0 Å². The fraction of sp³-hybridized carbons (Fsp3) is 0.0625. The molecule has 0 heterocycles. The van der Waals surface area contributed by atoms with Crippen molar-refractivity contribution < 1.29 is 9.53 Å². The SMILES string of the molecule is COc1ccc(C(=O)C=Cc2cccc(Br)c2)cc1. The Hall–Kier alpha value is -1.87. The van der Waals surface area contributed by atoms with Gasteiger partial charge in [-0.25, -0.2) is 0 Å². The van der Waals surface area contributed by atoms with Crippen LogP contribution in [0.1, 0.15) is 15.9 Å². The van der Waals surface area contributed by atoms with E-state index in [4.69, 9.17) is 4.74 Å². The molecule has 0 amide bonds. The molecular formula is C16H13BrO2. The summed E-state index contributed by atoms with van der Waals surface area (Å²) in [5, 5.41) is 0. The molecule has 0 unspecified atom stereocenters. The van der Waals surface area contributed by atoms with Crippen molar-refractivity contribution in [2.75, 3.05) is 7.11 Å². The molecule has 2 rings (SSSR count). The minimum atomic E-state index is -0.0253. The minimum Gasteiger partial charge on any atom is -0.497 e. The zero-order chi connectivity index (χ0) is 13.7. The monoisotopic (exact) mass is 316 g/mol. The second-order valence-corrected chi connectivity index (χ2v) is 4.90. The summed E-state index contributed by atoms with van der Waals surface area (Å²) in [6.07, 6.45) is 3.38. The van der Waals surface area contributed by atoms with E-state index in [0.717, 1.165) is 15.8 Å². The normalized spacial score (nSPS) is 10.6. The fourth-order valence-electron chi connectivity index (χ4n) is 1.63. The van der Waals surface area contributed by atoms with Crippen molar-refractivity contribution in [1.29, 1.82) is 0 Å². The number of hydrogen-bond acceptors (Lipinski definition) is 2. The third kappa shape index (κ3) is 3.80. The van der Waals surface area contributed by atoms with Crippen LogP contribution < -0.4 is 4.74 Å². The van der Waals surface area contributed by atoms with Gasteiger partial charge in [-0.3, -0.25) is 4.79 Å². The Labute approximate surface area is 120 Å². The number of benzene rings is 2. The number of allylic oxidation sites excluding steroid dienone is 1. The van der Waals surface area contributed by atoms with Crippen LogP contribution in [0.25, 0.3) is 6.08 Å². The van der Waals surface area contributed by atoms with Crippen molar-refractivity contribution in [2.45, 2.75) is 0 Å². The molecule has 0 atom stereocenters. The van der Waals surface area contributed by atoms with Crippen LogP contribution in [0.4, 0.5) is 0 Å². The van der Waals surface area contributed by atoms with Gasteiger partial charge in [-0.1, -0.05) is 34.1 Å². The average molecular weight is 317 g/mol. The standard InChI is InChI=1S/C16H13BrO2/c1-19-15-8-6-13(7-9-15)16(18)10-5-12-3-2-4-14(17)11-12/h2-11H,1H3. The molecule has 2 aromatic rings. The van der Waals surface area contributed by atoms with Gasteiger partial charge in [-0.15, -0.1) is 0 Å². The van der Waals surface area contributed by atoms with Crippen LogP contribution in [0.2, 0.25) is 0 Å². The van der Waals surface area contributed by atoms with Gasteiger partial charge in [0.2, 0.25) is 0 Å². The highest BCUT2D eigenvalue weighted by Gasteiger charge is 2.01. The van der Waals surface area contributed by atoms with Crippen LogP contribution in [0, 0.1) is 0 Å². The van der Waals surface area contributed by atoms with E-state index < -0.39 is 0 Å². The molecule has 3 heteroatoms. The lowest BCUT2D eigenvalue weighted by atomic mass is 10.1. The van der Waals surface area contributed by atoms with Gasteiger partial charge in [0.05, 0.1) is 7.11 Å². The summed E-state index contributed by atoms with van der Waals surface area (Å²) in [6.45, 7) is 0. The summed E-state index contributed by atoms with van der Waals surface area (Å²) in [6, 6.07) is 14.9. The summed E-state index contributed by atoms with van der Waals surface area (Å²) in [4.78, 5) is 12.0. The maximum atomic E-state index is 12.0. The lowest BCUT2D eigenvalue weighted by Gasteiger charge is -2.00. The van der Waals surface area contributed by atoms with Gasteiger partial charge in [0.15, 0.2) is 5.78 Å². The molecule has 0 saturated heterocycles. The number of ether oxygens (including phenoxy) is 1.